The molecule has 0 spiro atoms. The third-order valence-corrected chi connectivity index (χ3v) is 2.23. The number of carboxylic acids is 1. The van der Waals surface area contributed by atoms with Gasteiger partial charge in [0.1, 0.15) is 11.3 Å². The fourth-order valence-corrected chi connectivity index (χ4v) is 1.63. The predicted octanol–water partition coefficient (Wildman–Crippen LogP) is -1.42. The summed E-state index contributed by atoms with van der Waals surface area (Å²) < 4.78 is 1.69. The van der Waals surface area contributed by atoms with Crippen molar-refractivity contribution in [2.75, 3.05) is 5.73 Å². The van der Waals surface area contributed by atoms with Crippen molar-refractivity contribution in [2.45, 2.75) is 6.92 Å². The molecule has 15 heavy (non-hydrogen) atoms. The average Bonchev–Trinajstić information content (AvgIpc) is 2.51. The highest BCUT2D eigenvalue weighted by Crippen LogP contribution is 2.15. The molecule has 7 heteroatoms. The van der Waals surface area contributed by atoms with Crippen molar-refractivity contribution in [1.82, 2.24) is 14.4 Å². The van der Waals surface area contributed by atoms with Gasteiger partial charge in [0, 0.05) is 11.9 Å². The lowest BCUT2D eigenvalue weighted by atomic mass is 10.1. The number of fused-ring (bicyclic) bond motifs is 1. The quantitative estimate of drug-likeness (QED) is 0.555. The number of hydrogen-bond donors (Lipinski definition) is 2. The number of hydrogen-bond acceptors (Lipinski definition) is 4. The Hall–Kier alpha value is -2.05. The van der Waals surface area contributed by atoms with Gasteiger partial charge in [0.15, 0.2) is 13.5 Å². The molecule has 2 heterocycles. The number of carbonyl (C=O) groups is 1. The zero-order valence-corrected chi connectivity index (χ0v) is 8.35. The molecule has 0 saturated carbocycles. The highest BCUT2D eigenvalue weighted by atomic mass is 16.4. The molecule has 0 radical (unpaired) electrons. The molecular weight excluding hydrogens is 195 g/mol. The maximum absolute atomic E-state index is 10.9. The Morgan fingerprint density at radius 1 is 1.67 bits per heavy atom. The molecule has 6 nitrogen and oxygen atoms in total. The van der Waals surface area contributed by atoms with Crippen molar-refractivity contribution in [1.29, 1.82) is 0 Å². The Morgan fingerprint density at radius 2 is 2.33 bits per heavy atom. The molecule has 0 bridgehead atoms. The Morgan fingerprint density at radius 3 is 2.93 bits per heavy atom. The summed E-state index contributed by atoms with van der Waals surface area (Å²) in [6.07, 6.45) is 1.59. The second kappa shape index (κ2) is 2.98. The smallest absolute Gasteiger partial charge is 0.356 e. The second-order valence-electron chi connectivity index (χ2n) is 3.28. The number of nitrogens with two attached hydrogens (primary N) is 1. The van der Waals surface area contributed by atoms with Crippen molar-refractivity contribution in [3.8, 4) is 0 Å². The molecule has 0 aromatic carbocycles. The van der Waals surface area contributed by atoms with Crippen LogP contribution >= 0.6 is 0 Å². The van der Waals surface area contributed by atoms with Crippen LogP contribution in [-0.4, -0.2) is 33.3 Å². The van der Waals surface area contributed by atoms with Crippen molar-refractivity contribution in [3.63, 3.8) is 0 Å². The number of aryl methyl sites for hydroxylation is 1. The Balaban J connectivity index is 2.98. The number of nitrogens with zero attached hydrogens (tertiary/aromatic N) is 3. The third kappa shape index (κ3) is 1.24. The number of aromatic nitrogens is 3. The lowest BCUT2D eigenvalue weighted by Gasteiger charge is -2.03. The molecule has 0 aliphatic carbocycles. The SMILES string of the molecule is Bc1nc(C(=O)O)c2c(N)ncc(C)n12. The van der Waals surface area contributed by atoms with Crippen LogP contribution in [0.5, 0.6) is 0 Å². The van der Waals surface area contributed by atoms with Gasteiger partial charge in [0.05, 0.1) is 5.72 Å². The molecule has 0 atom stereocenters. The molecule has 0 amide bonds. The summed E-state index contributed by atoms with van der Waals surface area (Å²) in [6, 6.07) is 0. The molecular formula is C8H9BN4O2. The number of rotatable bonds is 1. The Bertz CT molecular complexity index is 563. The number of nitrogen functional groups attached to an aromatic ring is 1. The van der Waals surface area contributed by atoms with Crippen LogP contribution in [0, 0.1) is 6.92 Å². The van der Waals surface area contributed by atoms with Crippen LogP contribution in [-0.2, 0) is 0 Å². The van der Waals surface area contributed by atoms with Crippen LogP contribution < -0.4 is 11.5 Å². The molecule has 0 aliphatic rings. The summed E-state index contributed by atoms with van der Waals surface area (Å²) in [5, 5.41) is 8.95. The van der Waals surface area contributed by atoms with Crippen molar-refractivity contribution < 1.29 is 9.90 Å². The fraction of sp³-hybridized carbons (Fsp3) is 0.125. The van der Waals surface area contributed by atoms with Crippen LogP contribution in [0.3, 0.4) is 0 Å². The van der Waals surface area contributed by atoms with Crippen LogP contribution in [0.1, 0.15) is 16.2 Å². The van der Waals surface area contributed by atoms with Crippen LogP contribution in [0.4, 0.5) is 5.82 Å². The van der Waals surface area contributed by atoms with E-state index >= 15 is 0 Å². The normalized spacial score (nSPS) is 10.7. The lowest BCUT2D eigenvalue weighted by Crippen LogP contribution is -2.15. The van der Waals surface area contributed by atoms with Gasteiger partial charge >= 0.3 is 5.97 Å². The summed E-state index contributed by atoms with van der Waals surface area (Å²) in [5.74, 6) is -0.918. The molecule has 2 aromatic rings. The van der Waals surface area contributed by atoms with Crippen LogP contribution in [0.2, 0.25) is 0 Å². The van der Waals surface area contributed by atoms with Gasteiger partial charge in [-0.15, -0.1) is 0 Å². The molecule has 76 valence electrons. The Labute approximate surface area is 86.2 Å². The molecule has 2 rings (SSSR count). The number of anilines is 1. The molecule has 0 fully saturated rings. The van der Waals surface area contributed by atoms with Gasteiger partial charge in [-0.3, -0.25) is 0 Å². The van der Waals surface area contributed by atoms with Crippen molar-refractivity contribution >= 4 is 30.9 Å². The minimum atomic E-state index is -1.10. The summed E-state index contributed by atoms with van der Waals surface area (Å²) in [6.45, 7) is 1.82. The topological polar surface area (TPSA) is 93.5 Å². The van der Waals surface area contributed by atoms with Gasteiger partial charge in [-0.25, -0.2) is 14.8 Å². The Kier molecular flexibility index (Phi) is 1.89. The van der Waals surface area contributed by atoms with E-state index < -0.39 is 5.97 Å². The van der Waals surface area contributed by atoms with E-state index in [4.69, 9.17) is 10.8 Å². The van der Waals surface area contributed by atoms with Crippen molar-refractivity contribution in [3.05, 3.63) is 17.6 Å². The zero-order valence-electron chi connectivity index (χ0n) is 8.35. The monoisotopic (exact) mass is 204 g/mol. The molecule has 2 aromatic heterocycles. The van der Waals surface area contributed by atoms with Gasteiger partial charge < -0.3 is 15.2 Å². The summed E-state index contributed by atoms with van der Waals surface area (Å²) in [7, 11) is 1.73. The first-order valence-electron chi connectivity index (χ1n) is 4.35. The number of imidazole rings is 1. The van der Waals surface area contributed by atoms with E-state index in [9.17, 15) is 4.79 Å². The van der Waals surface area contributed by atoms with Gasteiger partial charge in [-0.2, -0.15) is 0 Å². The summed E-state index contributed by atoms with van der Waals surface area (Å²) in [5.41, 5.74) is 7.34. The first-order valence-corrected chi connectivity index (χ1v) is 4.35. The maximum atomic E-state index is 10.9. The predicted molar refractivity (Wildman–Crippen MR) is 57.3 cm³/mol. The van der Waals surface area contributed by atoms with E-state index in [-0.39, 0.29) is 11.5 Å². The van der Waals surface area contributed by atoms with E-state index in [1.54, 1.807) is 18.4 Å². The average molecular weight is 204 g/mol. The van der Waals surface area contributed by atoms with Gasteiger partial charge in [0.25, 0.3) is 0 Å². The zero-order chi connectivity index (χ0) is 11.2. The molecule has 0 saturated heterocycles. The molecule has 0 aliphatic heterocycles. The summed E-state index contributed by atoms with van der Waals surface area (Å²) >= 11 is 0. The van der Waals surface area contributed by atoms with Crippen LogP contribution in [0.25, 0.3) is 5.52 Å². The van der Waals surface area contributed by atoms with Gasteiger partial charge in [0.2, 0.25) is 0 Å². The summed E-state index contributed by atoms with van der Waals surface area (Å²) in [4.78, 5) is 18.8. The maximum Gasteiger partial charge on any atom is 0.356 e. The number of carboxylic acid groups (broad SMARTS) is 1. The van der Waals surface area contributed by atoms with E-state index in [2.05, 4.69) is 9.97 Å². The van der Waals surface area contributed by atoms with E-state index in [0.29, 0.717) is 11.2 Å². The minimum absolute atomic E-state index is 0.0544. The first-order chi connectivity index (χ1) is 7.02. The minimum Gasteiger partial charge on any atom is -0.476 e. The van der Waals surface area contributed by atoms with E-state index in [0.717, 1.165) is 5.69 Å². The van der Waals surface area contributed by atoms with E-state index in [1.807, 2.05) is 6.92 Å². The molecule has 3 N–H and O–H groups in total. The second-order valence-corrected chi connectivity index (χ2v) is 3.28. The highest BCUT2D eigenvalue weighted by Gasteiger charge is 2.18. The molecule has 0 unspecified atom stereocenters. The standard InChI is InChI=1S/C8H9BN4O2/c1-3-2-11-6(10)5-4(7(14)15)12-8(9)13(3)5/h2H,9H2,1H3,(H2,10,11)(H,14,15). The number of aromatic carboxylic acids is 1. The lowest BCUT2D eigenvalue weighted by molar-refractivity contribution is 0.0693. The largest absolute Gasteiger partial charge is 0.476 e. The van der Waals surface area contributed by atoms with Gasteiger partial charge in [-0.05, 0) is 6.92 Å². The van der Waals surface area contributed by atoms with Crippen molar-refractivity contribution in [2.24, 2.45) is 0 Å². The van der Waals surface area contributed by atoms with Crippen LogP contribution in [0.15, 0.2) is 6.20 Å². The van der Waals surface area contributed by atoms with E-state index in [1.165, 1.54) is 0 Å². The fourth-order valence-electron chi connectivity index (χ4n) is 1.63. The highest BCUT2D eigenvalue weighted by molar-refractivity contribution is 6.30. The third-order valence-electron chi connectivity index (χ3n) is 2.23. The van der Waals surface area contributed by atoms with Gasteiger partial charge in [-0.1, -0.05) is 0 Å². The first kappa shape index (κ1) is 9.51.